The van der Waals surface area contributed by atoms with Crippen molar-refractivity contribution in [3.8, 4) is 11.8 Å². The molecule has 0 saturated heterocycles. The number of ether oxygens (including phenoxy) is 3. The van der Waals surface area contributed by atoms with Crippen molar-refractivity contribution in [2.24, 2.45) is 5.16 Å². The van der Waals surface area contributed by atoms with Crippen LogP contribution in [0.3, 0.4) is 0 Å². The summed E-state index contributed by atoms with van der Waals surface area (Å²) in [5.74, 6) is -2.35. The van der Waals surface area contributed by atoms with Gasteiger partial charge in [0, 0.05) is 11.1 Å². The van der Waals surface area contributed by atoms with Gasteiger partial charge in [-0.2, -0.15) is 9.97 Å². The standard InChI is InChI=1S/C16H18N4O7S.C16H13NO3/c1-25-12-8-13(26-2)18-15(17-12)19-16(22)20-28(23,24)9-10-6-4-5-7-11(10)14(21)27-3;18-15(19)14-11-16(20-17-14,12-7-3-1-4-8-12)13-9-5-2-6-10-13/h4-8H,9H2,1-3H3,(H2,17,18,19,20,22);1-10H,11H2,(H,18,19). The lowest BCUT2D eigenvalue weighted by molar-refractivity contribution is -0.129. The average Bonchev–Trinajstić information content (AvgIpc) is 3.56. The Hall–Kier alpha value is -6.03. The number of aromatic nitrogens is 2. The summed E-state index contributed by atoms with van der Waals surface area (Å²) in [6.07, 6.45) is 0.219. The SMILES string of the molecule is COC(=O)c1ccccc1CS(=O)(=O)NC(=O)Nc1nc(OC)cc(OC)n1.O=C(O)C1=NOC(c2ccccc2)(c2ccccc2)C1. The van der Waals surface area contributed by atoms with Gasteiger partial charge in [-0.05, 0) is 11.6 Å². The van der Waals surface area contributed by atoms with E-state index in [1.54, 1.807) is 12.1 Å². The molecule has 0 radical (unpaired) electrons. The van der Waals surface area contributed by atoms with Crippen molar-refractivity contribution < 1.29 is 47.0 Å². The Balaban J connectivity index is 0.000000228. The van der Waals surface area contributed by atoms with E-state index in [-0.39, 0.29) is 41.0 Å². The summed E-state index contributed by atoms with van der Waals surface area (Å²) in [6, 6.07) is 25.4. The average molecular weight is 678 g/mol. The smallest absolute Gasteiger partial charge is 0.353 e. The van der Waals surface area contributed by atoms with Crippen molar-refractivity contribution in [1.82, 2.24) is 14.7 Å². The van der Waals surface area contributed by atoms with Crippen LogP contribution < -0.4 is 19.5 Å². The summed E-state index contributed by atoms with van der Waals surface area (Å²) in [4.78, 5) is 48.2. The minimum Gasteiger partial charge on any atom is -0.481 e. The highest BCUT2D eigenvalue weighted by atomic mass is 32.2. The van der Waals surface area contributed by atoms with Gasteiger partial charge in [0.1, 0.15) is 0 Å². The molecule has 1 aliphatic heterocycles. The number of nitrogens with one attached hydrogen (secondary N) is 2. The van der Waals surface area contributed by atoms with Crippen LogP contribution in [-0.4, -0.2) is 68.5 Å². The number of nitrogens with zero attached hydrogens (tertiary/aromatic N) is 3. The topological polar surface area (TPSA) is 205 Å². The van der Waals surface area contributed by atoms with Crippen molar-refractivity contribution in [1.29, 1.82) is 0 Å². The van der Waals surface area contributed by atoms with Crippen LogP contribution in [0.2, 0.25) is 0 Å². The van der Waals surface area contributed by atoms with Gasteiger partial charge in [0.15, 0.2) is 11.3 Å². The highest BCUT2D eigenvalue weighted by Crippen LogP contribution is 2.41. The molecule has 16 heteroatoms. The largest absolute Gasteiger partial charge is 0.481 e. The van der Waals surface area contributed by atoms with Crippen molar-refractivity contribution in [3.63, 3.8) is 0 Å². The Bertz CT molecular complexity index is 1840. The molecule has 250 valence electrons. The second kappa shape index (κ2) is 15.5. The van der Waals surface area contributed by atoms with Crippen molar-refractivity contribution in [2.45, 2.75) is 17.8 Å². The summed E-state index contributed by atoms with van der Waals surface area (Å²) < 4.78 is 40.9. The molecule has 5 rings (SSSR count). The first-order valence-corrected chi connectivity index (χ1v) is 15.7. The summed E-state index contributed by atoms with van der Waals surface area (Å²) in [7, 11) is -0.243. The molecule has 1 aliphatic rings. The van der Waals surface area contributed by atoms with E-state index < -0.39 is 39.3 Å². The number of benzene rings is 3. The number of carboxylic acid groups (broad SMARTS) is 1. The first-order chi connectivity index (χ1) is 23.0. The first kappa shape index (κ1) is 34.8. The zero-order chi connectivity index (χ0) is 34.7. The fraction of sp³-hybridized carbons (Fsp3) is 0.188. The summed E-state index contributed by atoms with van der Waals surface area (Å²) >= 11 is 0. The number of esters is 1. The van der Waals surface area contributed by atoms with Gasteiger partial charge in [-0.3, -0.25) is 5.32 Å². The molecular weight excluding hydrogens is 646 g/mol. The maximum Gasteiger partial charge on any atom is 0.353 e. The Morgan fingerprint density at radius 1 is 0.854 bits per heavy atom. The molecule has 15 nitrogen and oxygen atoms in total. The van der Waals surface area contributed by atoms with Crippen LogP contribution >= 0.6 is 0 Å². The quantitative estimate of drug-likeness (QED) is 0.206. The normalized spacial score (nSPS) is 13.0. The van der Waals surface area contributed by atoms with Crippen molar-refractivity contribution >= 4 is 39.7 Å². The fourth-order valence-corrected chi connectivity index (χ4v) is 5.64. The summed E-state index contributed by atoms with van der Waals surface area (Å²) in [6.45, 7) is 0. The maximum atomic E-state index is 12.3. The van der Waals surface area contributed by atoms with E-state index in [1.165, 1.54) is 39.5 Å². The summed E-state index contributed by atoms with van der Waals surface area (Å²) in [5.41, 5.74) is 1.23. The fourth-order valence-electron chi connectivity index (χ4n) is 4.57. The van der Waals surface area contributed by atoms with Crippen LogP contribution in [-0.2, 0) is 35.7 Å². The zero-order valence-electron chi connectivity index (χ0n) is 25.9. The van der Waals surface area contributed by atoms with Gasteiger partial charge in [0.2, 0.25) is 27.7 Å². The number of hydrogen-bond acceptors (Lipinski definition) is 12. The van der Waals surface area contributed by atoms with Gasteiger partial charge >= 0.3 is 18.0 Å². The number of rotatable bonds is 10. The van der Waals surface area contributed by atoms with Gasteiger partial charge in [0.25, 0.3) is 0 Å². The molecule has 0 unspecified atom stereocenters. The van der Waals surface area contributed by atoms with E-state index in [0.29, 0.717) is 0 Å². The number of oxime groups is 1. The molecule has 0 fully saturated rings. The number of aliphatic carboxylic acids is 1. The molecule has 2 heterocycles. The Labute approximate surface area is 275 Å². The van der Waals surface area contributed by atoms with Crippen LogP contribution in [0.1, 0.15) is 33.5 Å². The lowest BCUT2D eigenvalue weighted by Crippen LogP contribution is -2.36. The first-order valence-electron chi connectivity index (χ1n) is 14.0. The third-order valence-electron chi connectivity index (χ3n) is 6.79. The highest BCUT2D eigenvalue weighted by molar-refractivity contribution is 7.89. The van der Waals surface area contributed by atoms with Gasteiger partial charge in [-0.25, -0.2) is 27.5 Å². The van der Waals surface area contributed by atoms with E-state index in [9.17, 15) is 22.8 Å². The third kappa shape index (κ3) is 8.61. The van der Waals surface area contributed by atoms with Crippen molar-refractivity contribution in [3.05, 3.63) is 113 Å². The molecule has 4 aromatic rings. The molecule has 3 aromatic carbocycles. The summed E-state index contributed by atoms with van der Waals surface area (Å²) in [5, 5.41) is 15.1. The molecule has 2 amide bonds. The van der Waals surface area contributed by atoms with E-state index >= 15 is 0 Å². The Morgan fingerprint density at radius 2 is 1.40 bits per heavy atom. The lowest BCUT2D eigenvalue weighted by atomic mass is 9.82. The van der Waals surface area contributed by atoms with Crippen LogP contribution in [0.5, 0.6) is 11.8 Å². The second-order valence-corrected chi connectivity index (χ2v) is 11.6. The molecule has 0 spiro atoms. The molecular formula is C32H31N5O10S. The van der Waals surface area contributed by atoms with Gasteiger partial charge < -0.3 is 24.2 Å². The number of amides is 2. The molecule has 0 atom stereocenters. The van der Waals surface area contributed by atoms with E-state index in [4.69, 9.17) is 19.4 Å². The Morgan fingerprint density at radius 3 is 1.90 bits per heavy atom. The van der Waals surface area contributed by atoms with Crippen LogP contribution in [0.15, 0.2) is 96.2 Å². The molecule has 48 heavy (non-hydrogen) atoms. The maximum absolute atomic E-state index is 12.3. The molecule has 1 aromatic heterocycles. The van der Waals surface area contributed by atoms with Crippen molar-refractivity contribution in [2.75, 3.05) is 26.6 Å². The van der Waals surface area contributed by atoms with E-state index in [2.05, 4.69) is 25.2 Å². The number of carbonyl (C=O) groups is 3. The number of sulfonamides is 1. The Kier molecular flexibility index (Phi) is 11.3. The highest BCUT2D eigenvalue weighted by Gasteiger charge is 2.44. The van der Waals surface area contributed by atoms with Gasteiger partial charge in [-0.15, -0.1) is 0 Å². The number of methoxy groups -OCH3 is 3. The minimum atomic E-state index is -4.14. The number of anilines is 1. The number of carboxylic acids is 1. The minimum absolute atomic E-state index is 0.0395. The molecule has 0 aliphatic carbocycles. The number of carbonyl (C=O) groups excluding carboxylic acids is 2. The predicted octanol–water partition coefficient (Wildman–Crippen LogP) is 3.72. The zero-order valence-corrected chi connectivity index (χ0v) is 26.8. The predicted molar refractivity (Wildman–Crippen MR) is 172 cm³/mol. The van der Waals surface area contributed by atoms with Crippen LogP contribution in [0.4, 0.5) is 10.7 Å². The van der Waals surface area contributed by atoms with E-state index in [1.807, 2.05) is 65.4 Å². The second-order valence-electron chi connectivity index (χ2n) is 9.91. The molecule has 3 N–H and O–H groups in total. The lowest BCUT2D eigenvalue weighted by Gasteiger charge is -2.27. The molecule has 0 saturated carbocycles. The van der Waals surface area contributed by atoms with Crippen LogP contribution in [0, 0.1) is 0 Å². The van der Waals surface area contributed by atoms with E-state index in [0.717, 1.165) is 11.1 Å². The number of hydrogen-bond donors (Lipinski definition) is 3. The van der Waals surface area contributed by atoms with Gasteiger partial charge in [-0.1, -0.05) is 84.0 Å². The third-order valence-corrected chi connectivity index (χ3v) is 7.98. The molecule has 0 bridgehead atoms. The van der Waals surface area contributed by atoms with Gasteiger partial charge in [0.05, 0.1) is 45.1 Å². The monoisotopic (exact) mass is 677 g/mol. The van der Waals surface area contributed by atoms with Crippen LogP contribution in [0.25, 0.3) is 0 Å². The number of urea groups is 1.